The lowest BCUT2D eigenvalue weighted by Gasteiger charge is -2.36. The van der Waals surface area contributed by atoms with Crippen molar-refractivity contribution in [2.45, 2.75) is 6.92 Å². The molecule has 2 aromatic carbocycles. The van der Waals surface area contributed by atoms with Crippen LogP contribution in [0, 0.1) is 6.92 Å². The summed E-state index contributed by atoms with van der Waals surface area (Å²) in [4.78, 5) is 42.4. The summed E-state index contributed by atoms with van der Waals surface area (Å²) in [5.74, 6) is -0.568. The highest BCUT2D eigenvalue weighted by atomic mass is 16.5. The number of aryl methyl sites for hydroxylation is 1. The van der Waals surface area contributed by atoms with Crippen molar-refractivity contribution in [3.8, 4) is 0 Å². The summed E-state index contributed by atoms with van der Waals surface area (Å²) in [6, 6.07) is 15.2. The van der Waals surface area contributed by atoms with E-state index in [1.165, 1.54) is 12.0 Å². The Morgan fingerprint density at radius 3 is 2.37 bits per heavy atom. The highest BCUT2D eigenvalue weighted by molar-refractivity contribution is 5.95. The first kappa shape index (κ1) is 25.8. The molecule has 35 heavy (non-hydrogen) atoms. The van der Waals surface area contributed by atoms with E-state index in [1.54, 1.807) is 6.08 Å². The Hall–Kier alpha value is -3.85. The van der Waals surface area contributed by atoms with Crippen LogP contribution in [0.4, 0.5) is 21.9 Å². The van der Waals surface area contributed by atoms with E-state index in [1.807, 2.05) is 60.4 Å². The van der Waals surface area contributed by atoms with Crippen LogP contribution < -0.4 is 15.5 Å². The number of nitrogens with zero attached hydrogens (tertiary/aromatic N) is 3. The van der Waals surface area contributed by atoms with Crippen molar-refractivity contribution in [3.63, 3.8) is 0 Å². The van der Waals surface area contributed by atoms with Crippen molar-refractivity contribution >= 4 is 34.9 Å². The van der Waals surface area contributed by atoms with Gasteiger partial charge in [0.15, 0.2) is 0 Å². The highest BCUT2D eigenvalue weighted by Gasteiger charge is 2.21. The van der Waals surface area contributed by atoms with Gasteiger partial charge in [-0.2, -0.15) is 0 Å². The van der Waals surface area contributed by atoms with E-state index in [9.17, 15) is 14.4 Å². The maximum absolute atomic E-state index is 12.6. The zero-order valence-electron chi connectivity index (χ0n) is 20.3. The monoisotopic (exact) mass is 479 g/mol. The van der Waals surface area contributed by atoms with Crippen molar-refractivity contribution in [1.82, 2.24) is 9.80 Å². The van der Waals surface area contributed by atoms with Crippen molar-refractivity contribution in [2.75, 3.05) is 68.5 Å². The number of nitrogens with one attached hydrogen (secondary N) is 2. The number of methoxy groups -OCH3 is 1. The first-order chi connectivity index (χ1) is 16.9. The second kappa shape index (κ2) is 12.6. The molecule has 1 fully saturated rings. The highest BCUT2D eigenvalue weighted by Crippen LogP contribution is 2.20. The largest absolute Gasteiger partial charge is 0.375 e. The van der Waals surface area contributed by atoms with Crippen LogP contribution >= 0.6 is 0 Å². The molecule has 0 radical (unpaired) electrons. The van der Waals surface area contributed by atoms with Gasteiger partial charge in [-0.15, -0.1) is 6.58 Å². The molecule has 0 bridgehead atoms. The number of carbonyl (C=O) groups is 3. The van der Waals surface area contributed by atoms with Crippen LogP contribution in [-0.4, -0.2) is 80.6 Å². The first-order valence-corrected chi connectivity index (χ1v) is 11.5. The van der Waals surface area contributed by atoms with Gasteiger partial charge in [0, 0.05) is 56.9 Å². The van der Waals surface area contributed by atoms with E-state index >= 15 is 0 Å². The molecule has 4 amide bonds. The molecule has 0 spiro atoms. The molecule has 9 nitrogen and oxygen atoms in total. The second-order valence-corrected chi connectivity index (χ2v) is 8.36. The minimum absolute atomic E-state index is 0.0808. The van der Waals surface area contributed by atoms with Gasteiger partial charge >= 0.3 is 6.03 Å². The van der Waals surface area contributed by atoms with Gasteiger partial charge in [-0.3, -0.25) is 9.59 Å². The van der Waals surface area contributed by atoms with Gasteiger partial charge in [0.05, 0.1) is 0 Å². The molecule has 1 saturated heterocycles. The van der Waals surface area contributed by atoms with Gasteiger partial charge in [0.25, 0.3) is 0 Å². The van der Waals surface area contributed by atoms with Crippen molar-refractivity contribution < 1.29 is 19.1 Å². The summed E-state index contributed by atoms with van der Waals surface area (Å²) < 4.78 is 4.87. The topological polar surface area (TPSA) is 94.2 Å². The van der Waals surface area contributed by atoms with Crippen molar-refractivity contribution in [2.24, 2.45) is 0 Å². The number of anilines is 3. The molecule has 3 rings (SSSR count). The zero-order valence-corrected chi connectivity index (χ0v) is 20.3. The van der Waals surface area contributed by atoms with E-state index in [4.69, 9.17) is 4.74 Å². The minimum Gasteiger partial charge on any atom is -0.375 e. The van der Waals surface area contributed by atoms with Gasteiger partial charge in [0.1, 0.15) is 13.2 Å². The third-order valence-electron chi connectivity index (χ3n) is 5.66. The first-order valence-electron chi connectivity index (χ1n) is 11.5. The number of urea groups is 1. The number of rotatable bonds is 9. The van der Waals surface area contributed by atoms with Gasteiger partial charge in [0.2, 0.25) is 11.8 Å². The molecule has 2 N–H and O–H groups in total. The summed E-state index contributed by atoms with van der Waals surface area (Å²) in [7, 11) is 1.44. The van der Waals surface area contributed by atoms with Crippen molar-refractivity contribution in [1.29, 1.82) is 0 Å². The maximum atomic E-state index is 12.6. The number of piperazine rings is 1. The molecule has 0 atom stereocenters. The lowest BCUT2D eigenvalue weighted by molar-refractivity contribution is -0.137. The van der Waals surface area contributed by atoms with E-state index in [-0.39, 0.29) is 37.5 Å². The van der Waals surface area contributed by atoms with Crippen LogP contribution in [-0.2, 0) is 14.3 Å². The smallest absolute Gasteiger partial charge is 0.321 e. The van der Waals surface area contributed by atoms with Crippen LogP contribution in [0.25, 0.3) is 0 Å². The standard InChI is InChI=1S/C26H33N5O4/c1-4-12-31(25(33)19-35-3)18-24(32)27-21-8-10-23(11-9-21)29-13-15-30(16-14-29)26(34)28-22-7-5-6-20(2)17-22/h4-11,17H,1,12-16,18-19H2,2-3H3,(H,27,32)(H,28,34). The fourth-order valence-corrected chi connectivity index (χ4v) is 3.85. The molecular formula is C26H33N5O4. The molecule has 1 heterocycles. The van der Waals surface area contributed by atoms with Crippen LogP contribution in [0.1, 0.15) is 5.56 Å². The van der Waals surface area contributed by atoms with Gasteiger partial charge in [-0.1, -0.05) is 18.2 Å². The Morgan fingerprint density at radius 1 is 1.03 bits per heavy atom. The third kappa shape index (κ3) is 7.58. The minimum atomic E-state index is -0.294. The second-order valence-electron chi connectivity index (χ2n) is 8.36. The Balaban J connectivity index is 1.48. The molecule has 0 aliphatic carbocycles. The molecule has 2 aromatic rings. The van der Waals surface area contributed by atoms with E-state index < -0.39 is 0 Å². The Bertz CT molecular complexity index is 1030. The molecule has 1 aliphatic rings. The lowest BCUT2D eigenvalue weighted by Crippen LogP contribution is -2.50. The Morgan fingerprint density at radius 2 is 1.74 bits per heavy atom. The van der Waals surface area contributed by atoms with Crippen LogP contribution in [0.2, 0.25) is 0 Å². The summed E-state index contributed by atoms with van der Waals surface area (Å²) in [5.41, 5.74) is 3.56. The van der Waals surface area contributed by atoms with E-state index in [0.717, 1.165) is 16.9 Å². The zero-order chi connectivity index (χ0) is 25.2. The van der Waals surface area contributed by atoms with E-state index in [2.05, 4.69) is 22.1 Å². The number of ether oxygens (including phenoxy) is 1. The quantitative estimate of drug-likeness (QED) is 0.540. The molecule has 186 valence electrons. The van der Waals surface area contributed by atoms with Crippen LogP contribution in [0.5, 0.6) is 0 Å². The molecular weight excluding hydrogens is 446 g/mol. The molecule has 0 saturated carbocycles. The summed E-state index contributed by atoms with van der Waals surface area (Å²) in [5, 5.41) is 5.78. The maximum Gasteiger partial charge on any atom is 0.321 e. The van der Waals surface area contributed by atoms with Crippen molar-refractivity contribution in [3.05, 3.63) is 66.7 Å². The van der Waals surface area contributed by atoms with Gasteiger partial charge in [-0.05, 0) is 48.9 Å². The van der Waals surface area contributed by atoms with Gasteiger partial charge in [-0.25, -0.2) is 4.79 Å². The molecule has 0 aromatic heterocycles. The SMILES string of the molecule is C=CCN(CC(=O)Nc1ccc(N2CCN(C(=O)Nc3cccc(C)c3)CC2)cc1)C(=O)COC. The predicted octanol–water partition coefficient (Wildman–Crippen LogP) is 2.95. The number of amides is 4. The Labute approximate surface area is 206 Å². The Kier molecular flexibility index (Phi) is 9.25. The fraction of sp³-hybridized carbons (Fsp3) is 0.346. The lowest BCUT2D eigenvalue weighted by atomic mass is 10.2. The predicted molar refractivity (Wildman–Crippen MR) is 138 cm³/mol. The van der Waals surface area contributed by atoms with Gasteiger partial charge < -0.3 is 30.1 Å². The number of carbonyl (C=O) groups excluding carboxylic acids is 3. The van der Waals surface area contributed by atoms with Crippen LogP contribution in [0.15, 0.2) is 61.2 Å². The summed E-state index contributed by atoms with van der Waals surface area (Å²) in [6.45, 7) is 8.38. The number of hydrogen-bond donors (Lipinski definition) is 2. The normalized spacial score (nSPS) is 13.2. The van der Waals surface area contributed by atoms with E-state index in [0.29, 0.717) is 31.9 Å². The van der Waals surface area contributed by atoms with Crippen LogP contribution in [0.3, 0.4) is 0 Å². The average Bonchev–Trinajstić information content (AvgIpc) is 2.84. The summed E-state index contributed by atoms with van der Waals surface area (Å²) >= 11 is 0. The molecule has 0 unspecified atom stereocenters. The fourth-order valence-electron chi connectivity index (χ4n) is 3.85. The summed E-state index contributed by atoms with van der Waals surface area (Å²) in [6.07, 6.45) is 1.57. The third-order valence-corrected chi connectivity index (χ3v) is 5.66. The number of hydrogen-bond acceptors (Lipinski definition) is 5. The molecule has 9 heteroatoms. The average molecular weight is 480 g/mol. The molecule has 1 aliphatic heterocycles. The number of benzene rings is 2.